The Morgan fingerprint density at radius 3 is 2.62 bits per heavy atom. The summed E-state index contributed by atoms with van der Waals surface area (Å²) in [6.45, 7) is 5.09. The Labute approximate surface area is 133 Å². The molecule has 0 radical (unpaired) electrons. The van der Waals surface area contributed by atoms with Crippen molar-refractivity contribution in [2.45, 2.75) is 71.8 Å². The number of halogens is 1. The van der Waals surface area contributed by atoms with Gasteiger partial charge in [-0.2, -0.15) is 5.10 Å². The van der Waals surface area contributed by atoms with E-state index < -0.39 is 0 Å². The van der Waals surface area contributed by atoms with Crippen molar-refractivity contribution in [1.82, 2.24) is 9.78 Å². The minimum Gasteiger partial charge on any atom is -0.292 e. The van der Waals surface area contributed by atoms with Crippen molar-refractivity contribution in [1.29, 1.82) is 0 Å². The lowest BCUT2D eigenvalue weighted by atomic mass is 9.77. The Balaban J connectivity index is 1.97. The second kappa shape index (κ2) is 7.98. The van der Waals surface area contributed by atoms with Crippen LogP contribution in [0.15, 0.2) is 6.20 Å². The first kappa shape index (κ1) is 16.5. The Bertz CT molecular complexity index is 461. The van der Waals surface area contributed by atoms with Crippen LogP contribution in [0.4, 0.5) is 0 Å². The summed E-state index contributed by atoms with van der Waals surface area (Å²) in [6.07, 6.45) is 10.9. The molecule has 1 saturated carbocycles. The fourth-order valence-electron chi connectivity index (χ4n) is 3.39. The average Bonchev–Trinajstić information content (AvgIpc) is 2.86. The van der Waals surface area contributed by atoms with Crippen molar-refractivity contribution < 1.29 is 4.79 Å². The highest BCUT2D eigenvalue weighted by Crippen LogP contribution is 2.34. The number of Topliss-reactive ketones (excluding diaryl/α,β-unsaturated/α-hetero) is 1. The molecule has 1 aliphatic rings. The molecule has 0 aliphatic heterocycles. The summed E-state index contributed by atoms with van der Waals surface area (Å²) in [5.41, 5.74) is 0.635. The van der Waals surface area contributed by atoms with E-state index in [2.05, 4.69) is 18.9 Å². The van der Waals surface area contributed by atoms with Crippen LogP contribution >= 0.6 is 11.6 Å². The van der Waals surface area contributed by atoms with E-state index in [0.717, 1.165) is 31.7 Å². The van der Waals surface area contributed by atoms with E-state index in [4.69, 9.17) is 11.6 Å². The van der Waals surface area contributed by atoms with E-state index in [-0.39, 0.29) is 11.7 Å². The van der Waals surface area contributed by atoms with Crippen LogP contribution in [0.1, 0.15) is 75.7 Å². The number of hydrogen-bond acceptors (Lipinski definition) is 2. The third-order valence-corrected chi connectivity index (χ3v) is 4.92. The monoisotopic (exact) mass is 310 g/mol. The molecule has 4 heteroatoms. The Hall–Kier alpha value is -0.830. The van der Waals surface area contributed by atoms with Gasteiger partial charge >= 0.3 is 0 Å². The molecule has 0 aromatic carbocycles. The predicted molar refractivity (Wildman–Crippen MR) is 86.8 cm³/mol. The molecular formula is C17H27ClN2O. The SMILES string of the molecule is CCCCC1CCC(C(=O)c2c(Cl)cnn2CCC)CC1. The van der Waals surface area contributed by atoms with Crippen molar-refractivity contribution in [2.75, 3.05) is 0 Å². The number of aryl methyl sites for hydroxylation is 1. The molecule has 3 nitrogen and oxygen atoms in total. The second-order valence-electron chi connectivity index (χ2n) is 6.29. The second-order valence-corrected chi connectivity index (χ2v) is 6.70. The third kappa shape index (κ3) is 4.09. The van der Waals surface area contributed by atoms with E-state index in [9.17, 15) is 4.79 Å². The van der Waals surface area contributed by atoms with Gasteiger partial charge in [-0.3, -0.25) is 9.48 Å². The molecule has 0 N–H and O–H groups in total. The molecule has 0 bridgehead atoms. The molecule has 118 valence electrons. The van der Waals surface area contributed by atoms with Crippen LogP contribution in [0, 0.1) is 11.8 Å². The summed E-state index contributed by atoms with van der Waals surface area (Å²) >= 11 is 6.19. The normalized spacial score (nSPS) is 22.4. The van der Waals surface area contributed by atoms with Gasteiger partial charge in [0.2, 0.25) is 0 Å². The maximum Gasteiger partial charge on any atom is 0.185 e. The van der Waals surface area contributed by atoms with Crippen LogP contribution in [-0.4, -0.2) is 15.6 Å². The summed E-state index contributed by atoms with van der Waals surface area (Å²) in [5.74, 6) is 1.18. The minimum atomic E-state index is 0.146. The summed E-state index contributed by atoms with van der Waals surface area (Å²) in [5, 5.41) is 4.76. The maximum absolute atomic E-state index is 12.8. The molecule has 0 saturated heterocycles. The Morgan fingerprint density at radius 1 is 1.29 bits per heavy atom. The van der Waals surface area contributed by atoms with Gasteiger partial charge in [-0.15, -0.1) is 0 Å². The van der Waals surface area contributed by atoms with Gasteiger partial charge in [-0.05, 0) is 38.0 Å². The first-order valence-corrected chi connectivity index (χ1v) is 8.80. The number of hydrogen-bond donors (Lipinski definition) is 0. The highest BCUT2D eigenvalue weighted by atomic mass is 35.5. The quantitative estimate of drug-likeness (QED) is 0.655. The standard InChI is InChI=1S/C17H27ClN2O/c1-3-5-6-13-7-9-14(10-8-13)17(21)16-15(18)12-19-20(16)11-4-2/h12-14H,3-11H2,1-2H3. The van der Waals surface area contributed by atoms with Crippen LogP contribution in [0.5, 0.6) is 0 Å². The Morgan fingerprint density at radius 2 is 2.00 bits per heavy atom. The zero-order valence-corrected chi connectivity index (χ0v) is 14.0. The molecule has 0 amide bonds. The number of aromatic nitrogens is 2. The van der Waals surface area contributed by atoms with Gasteiger partial charge in [0, 0.05) is 12.5 Å². The minimum absolute atomic E-state index is 0.146. The molecule has 1 aromatic rings. The van der Waals surface area contributed by atoms with Gasteiger partial charge in [0.1, 0.15) is 5.69 Å². The molecular weight excluding hydrogens is 284 g/mol. The summed E-state index contributed by atoms with van der Waals surface area (Å²) in [6, 6.07) is 0. The van der Waals surface area contributed by atoms with Gasteiger partial charge in [-0.1, -0.05) is 44.7 Å². The van der Waals surface area contributed by atoms with Crippen molar-refractivity contribution in [3.05, 3.63) is 16.9 Å². The first-order valence-electron chi connectivity index (χ1n) is 8.42. The average molecular weight is 311 g/mol. The van der Waals surface area contributed by atoms with Crippen molar-refractivity contribution in [3.8, 4) is 0 Å². The van der Waals surface area contributed by atoms with Crippen LogP contribution in [0.3, 0.4) is 0 Å². The van der Waals surface area contributed by atoms with Crippen LogP contribution < -0.4 is 0 Å². The molecule has 1 heterocycles. The smallest absolute Gasteiger partial charge is 0.185 e. The van der Waals surface area contributed by atoms with Crippen LogP contribution in [-0.2, 0) is 6.54 Å². The highest BCUT2D eigenvalue weighted by Gasteiger charge is 2.30. The van der Waals surface area contributed by atoms with E-state index >= 15 is 0 Å². The fraction of sp³-hybridized carbons (Fsp3) is 0.765. The van der Waals surface area contributed by atoms with Gasteiger partial charge in [0.05, 0.1) is 11.2 Å². The number of nitrogens with zero attached hydrogens (tertiary/aromatic N) is 2. The number of carbonyl (C=O) groups is 1. The van der Waals surface area contributed by atoms with Gasteiger partial charge in [0.15, 0.2) is 5.78 Å². The summed E-state index contributed by atoms with van der Waals surface area (Å²) in [7, 11) is 0. The lowest BCUT2D eigenvalue weighted by Gasteiger charge is -2.27. The predicted octanol–water partition coefficient (Wildman–Crippen LogP) is 5.13. The van der Waals surface area contributed by atoms with Gasteiger partial charge < -0.3 is 0 Å². The largest absolute Gasteiger partial charge is 0.292 e. The lowest BCUT2D eigenvalue weighted by Crippen LogP contribution is -2.24. The molecule has 1 aromatic heterocycles. The number of ketones is 1. The molecule has 0 atom stereocenters. The van der Waals surface area contributed by atoms with Crippen molar-refractivity contribution in [2.24, 2.45) is 11.8 Å². The molecule has 0 unspecified atom stereocenters. The number of rotatable bonds is 7. The molecule has 0 spiro atoms. The first-order chi connectivity index (χ1) is 10.2. The fourth-order valence-corrected chi connectivity index (χ4v) is 3.62. The van der Waals surface area contributed by atoms with Crippen LogP contribution in [0.25, 0.3) is 0 Å². The molecule has 1 aliphatic carbocycles. The van der Waals surface area contributed by atoms with E-state index in [1.807, 2.05) is 0 Å². The zero-order chi connectivity index (χ0) is 15.2. The molecule has 1 fully saturated rings. The van der Waals surface area contributed by atoms with Crippen molar-refractivity contribution in [3.63, 3.8) is 0 Å². The summed E-state index contributed by atoms with van der Waals surface area (Å²) in [4.78, 5) is 12.8. The Kier molecular flexibility index (Phi) is 6.28. The third-order valence-electron chi connectivity index (χ3n) is 4.65. The van der Waals surface area contributed by atoms with Crippen LogP contribution in [0.2, 0.25) is 5.02 Å². The van der Waals surface area contributed by atoms with E-state index in [1.54, 1.807) is 10.9 Å². The maximum atomic E-state index is 12.8. The molecule has 2 rings (SSSR count). The molecule has 21 heavy (non-hydrogen) atoms. The van der Waals surface area contributed by atoms with E-state index in [0.29, 0.717) is 10.7 Å². The zero-order valence-electron chi connectivity index (χ0n) is 13.3. The highest BCUT2D eigenvalue weighted by molar-refractivity contribution is 6.33. The summed E-state index contributed by atoms with van der Waals surface area (Å²) < 4.78 is 1.79. The van der Waals surface area contributed by atoms with Gasteiger partial charge in [-0.25, -0.2) is 0 Å². The van der Waals surface area contributed by atoms with Gasteiger partial charge in [0.25, 0.3) is 0 Å². The number of carbonyl (C=O) groups excluding carboxylic acids is 1. The number of unbranched alkanes of at least 4 members (excludes halogenated alkanes) is 1. The van der Waals surface area contributed by atoms with Crippen molar-refractivity contribution >= 4 is 17.4 Å². The lowest BCUT2D eigenvalue weighted by molar-refractivity contribution is 0.0858. The topological polar surface area (TPSA) is 34.9 Å². The van der Waals surface area contributed by atoms with E-state index in [1.165, 1.54) is 32.1 Å².